The van der Waals surface area contributed by atoms with E-state index in [2.05, 4.69) is 10.4 Å². The van der Waals surface area contributed by atoms with E-state index in [-0.39, 0.29) is 18.4 Å². The third-order valence-corrected chi connectivity index (χ3v) is 3.15. The molecule has 0 saturated carbocycles. The summed E-state index contributed by atoms with van der Waals surface area (Å²) in [5, 5.41) is 7.16. The second kappa shape index (κ2) is 5.83. The minimum Gasteiger partial charge on any atom is -0.347 e. The molecule has 0 radical (unpaired) electrons. The van der Waals surface area contributed by atoms with E-state index in [1.54, 1.807) is 42.1 Å². The summed E-state index contributed by atoms with van der Waals surface area (Å²) < 4.78 is 1.57. The standard InChI is InChI=1S/C12H19N5O2/c1-15(2)12(19)10-8-13-5-7-17(10)11(18)9-16-6-3-4-14-16/h3-4,6,10,13H,5,7-9H2,1-2H3. The van der Waals surface area contributed by atoms with Crippen LogP contribution in [0.5, 0.6) is 0 Å². The number of piperazine rings is 1. The first-order valence-corrected chi connectivity index (χ1v) is 6.28. The Bertz CT molecular complexity index is 443. The van der Waals surface area contributed by atoms with Crippen molar-refractivity contribution in [2.75, 3.05) is 33.7 Å². The van der Waals surface area contributed by atoms with Crippen LogP contribution in [0.1, 0.15) is 0 Å². The molecule has 1 N–H and O–H groups in total. The highest BCUT2D eigenvalue weighted by molar-refractivity contribution is 5.87. The predicted molar refractivity (Wildman–Crippen MR) is 69.3 cm³/mol. The third-order valence-electron chi connectivity index (χ3n) is 3.15. The molecule has 1 unspecified atom stereocenters. The van der Waals surface area contributed by atoms with Crippen molar-refractivity contribution in [2.45, 2.75) is 12.6 Å². The van der Waals surface area contributed by atoms with E-state index in [0.29, 0.717) is 19.6 Å². The molecule has 2 heterocycles. The van der Waals surface area contributed by atoms with Crippen molar-refractivity contribution in [1.29, 1.82) is 0 Å². The van der Waals surface area contributed by atoms with Gasteiger partial charge >= 0.3 is 0 Å². The fourth-order valence-corrected chi connectivity index (χ4v) is 2.14. The maximum Gasteiger partial charge on any atom is 0.246 e. The summed E-state index contributed by atoms with van der Waals surface area (Å²) in [7, 11) is 3.40. The van der Waals surface area contributed by atoms with Crippen molar-refractivity contribution in [3.05, 3.63) is 18.5 Å². The van der Waals surface area contributed by atoms with Crippen molar-refractivity contribution >= 4 is 11.8 Å². The lowest BCUT2D eigenvalue weighted by Crippen LogP contribution is -2.59. The van der Waals surface area contributed by atoms with Gasteiger partial charge in [0, 0.05) is 46.1 Å². The van der Waals surface area contributed by atoms with Crippen molar-refractivity contribution in [1.82, 2.24) is 24.9 Å². The van der Waals surface area contributed by atoms with Crippen LogP contribution in [-0.4, -0.2) is 71.2 Å². The maximum absolute atomic E-state index is 12.3. The van der Waals surface area contributed by atoms with Gasteiger partial charge in [0.15, 0.2) is 0 Å². The van der Waals surface area contributed by atoms with Crippen LogP contribution in [0.15, 0.2) is 18.5 Å². The Hall–Kier alpha value is -1.89. The van der Waals surface area contributed by atoms with E-state index >= 15 is 0 Å². The normalized spacial score (nSPS) is 19.3. The van der Waals surface area contributed by atoms with E-state index in [0.717, 1.165) is 0 Å². The lowest BCUT2D eigenvalue weighted by Gasteiger charge is -2.36. The van der Waals surface area contributed by atoms with Gasteiger partial charge in [-0.3, -0.25) is 14.3 Å². The molecule has 2 amide bonds. The molecule has 1 aromatic heterocycles. The number of rotatable bonds is 3. The summed E-state index contributed by atoms with van der Waals surface area (Å²) >= 11 is 0. The molecule has 19 heavy (non-hydrogen) atoms. The van der Waals surface area contributed by atoms with Gasteiger partial charge in [-0.15, -0.1) is 0 Å². The monoisotopic (exact) mass is 265 g/mol. The van der Waals surface area contributed by atoms with Crippen LogP contribution in [0, 0.1) is 0 Å². The highest BCUT2D eigenvalue weighted by Gasteiger charge is 2.32. The number of carbonyl (C=O) groups is 2. The van der Waals surface area contributed by atoms with Gasteiger partial charge in [0.2, 0.25) is 11.8 Å². The first kappa shape index (κ1) is 13.5. The second-order valence-corrected chi connectivity index (χ2v) is 4.74. The second-order valence-electron chi connectivity index (χ2n) is 4.74. The lowest BCUT2D eigenvalue weighted by molar-refractivity contribution is -0.145. The van der Waals surface area contributed by atoms with Gasteiger partial charge in [-0.05, 0) is 6.07 Å². The van der Waals surface area contributed by atoms with Crippen LogP contribution in [-0.2, 0) is 16.1 Å². The summed E-state index contributed by atoms with van der Waals surface area (Å²) in [4.78, 5) is 27.5. The molecule has 1 aliphatic rings. The van der Waals surface area contributed by atoms with Crippen LogP contribution in [0.2, 0.25) is 0 Å². The topological polar surface area (TPSA) is 70.5 Å². The Kier molecular flexibility index (Phi) is 4.16. The number of nitrogens with zero attached hydrogens (tertiary/aromatic N) is 4. The number of hydrogen-bond donors (Lipinski definition) is 1. The summed E-state index contributed by atoms with van der Waals surface area (Å²) in [6.45, 7) is 1.93. The quantitative estimate of drug-likeness (QED) is 0.743. The molecule has 1 saturated heterocycles. The zero-order chi connectivity index (χ0) is 13.8. The van der Waals surface area contributed by atoms with Gasteiger partial charge < -0.3 is 15.1 Å². The highest BCUT2D eigenvalue weighted by Crippen LogP contribution is 2.07. The van der Waals surface area contributed by atoms with Gasteiger partial charge in [-0.25, -0.2) is 0 Å². The van der Waals surface area contributed by atoms with E-state index in [1.165, 1.54) is 4.90 Å². The van der Waals surface area contributed by atoms with Crippen molar-refractivity contribution < 1.29 is 9.59 Å². The number of nitrogens with one attached hydrogen (secondary N) is 1. The van der Waals surface area contributed by atoms with Gasteiger partial charge in [0.05, 0.1) is 0 Å². The van der Waals surface area contributed by atoms with Crippen LogP contribution in [0.3, 0.4) is 0 Å². The SMILES string of the molecule is CN(C)C(=O)C1CNCCN1C(=O)Cn1cccn1. The van der Waals surface area contributed by atoms with E-state index in [9.17, 15) is 9.59 Å². The molecule has 0 spiro atoms. The van der Waals surface area contributed by atoms with Crippen LogP contribution >= 0.6 is 0 Å². The Morgan fingerprint density at radius 2 is 2.26 bits per heavy atom. The van der Waals surface area contributed by atoms with Gasteiger partial charge in [0.25, 0.3) is 0 Å². The molecule has 7 nitrogen and oxygen atoms in total. The third kappa shape index (κ3) is 3.11. The molecule has 7 heteroatoms. The van der Waals surface area contributed by atoms with E-state index in [1.807, 2.05) is 0 Å². The fourth-order valence-electron chi connectivity index (χ4n) is 2.14. The first-order valence-electron chi connectivity index (χ1n) is 6.28. The van der Waals surface area contributed by atoms with Crippen LogP contribution in [0.25, 0.3) is 0 Å². The average Bonchev–Trinajstić information content (AvgIpc) is 2.90. The smallest absolute Gasteiger partial charge is 0.246 e. The van der Waals surface area contributed by atoms with Crippen LogP contribution < -0.4 is 5.32 Å². The molecule has 0 bridgehead atoms. The Balaban J connectivity index is 2.06. The fraction of sp³-hybridized carbons (Fsp3) is 0.583. The summed E-state index contributed by atoms with van der Waals surface area (Å²) in [6.07, 6.45) is 3.37. The average molecular weight is 265 g/mol. The number of amides is 2. The molecule has 0 aliphatic carbocycles. The van der Waals surface area contributed by atoms with E-state index < -0.39 is 6.04 Å². The predicted octanol–water partition coefficient (Wildman–Crippen LogP) is -1.23. The minimum atomic E-state index is -0.424. The molecule has 1 fully saturated rings. The number of carbonyl (C=O) groups excluding carboxylic acids is 2. The summed E-state index contributed by atoms with van der Waals surface area (Å²) in [5.41, 5.74) is 0. The Labute approximate surface area is 112 Å². The molecule has 1 aromatic rings. The van der Waals surface area contributed by atoms with Crippen LogP contribution in [0.4, 0.5) is 0 Å². The largest absolute Gasteiger partial charge is 0.347 e. The lowest BCUT2D eigenvalue weighted by atomic mass is 10.1. The molecular formula is C12H19N5O2. The van der Waals surface area contributed by atoms with E-state index in [4.69, 9.17) is 0 Å². The Morgan fingerprint density at radius 3 is 2.89 bits per heavy atom. The molecule has 1 aliphatic heterocycles. The highest BCUT2D eigenvalue weighted by atomic mass is 16.2. The first-order chi connectivity index (χ1) is 9.09. The molecule has 0 aromatic carbocycles. The van der Waals surface area contributed by atoms with Gasteiger partial charge in [-0.2, -0.15) is 5.10 Å². The summed E-state index contributed by atoms with van der Waals surface area (Å²) in [5.74, 6) is -0.133. The maximum atomic E-state index is 12.3. The van der Waals surface area contributed by atoms with Gasteiger partial charge in [-0.1, -0.05) is 0 Å². The molecule has 104 valence electrons. The van der Waals surface area contributed by atoms with Gasteiger partial charge in [0.1, 0.15) is 12.6 Å². The number of aromatic nitrogens is 2. The summed E-state index contributed by atoms with van der Waals surface area (Å²) in [6, 6.07) is 1.35. The Morgan fingerprint density at radius 1 is 1.47 bits per heavy atom. The van der Waals surface area contributed by atoms with Crippen molar-refractivity contribution in [2.24, 2.45) is 0 Å². The zero-order valence-electron chi connectivity index (χ0n) is 11.2. The van der Waals surface area contributed by atoms with Crippen molar-refractivity contribution in [3.8, 4) is 0 Å². The van der Waals surface area contributed by atoms with Crippen molar-refractivity contribution in [3.63, 3.8) is 0 Å². The number of hydrogen-bond acceptors (Lipinski definition) is 4. The minimum absolute atomic E-state index is 0.0546. The number of likely N-dealkylation sites (N-methyl/N-ethyl adjacent to an activating group) is 1. The molecule has 1 atom stereocenters. The molecular weight excluding hydrogens is 246 g/mol. The zero-order valence-corrected chi connectivity index (χ0v) is 11.2. The molecule has 2 rings (SSSR count).